The topological polar surface area (TPSA) is 91.4 Å². The number of ether oxygens (including phenoxy) is 2. The van der Waals surface area contributed by atoms with Gasteiger partial charge in [-0.3, -0.25) is 4.79 Å². The van der Waals surface area contributed by atoms with Crippen molar-refractivity contribution in [2.45, 2.75) is 33.1 Å². The van der Waals surface area contributed by atoms with Gasteiger partial charge in [0.25, 0.3) is 5.91 Å². The normalized spacial score (nSPS) is 14.1. The molecule has 1 aliphatic heterocycles. The average molecular weight is 390 g/mol. The molecule has 5 rings (SSSR count). The molecule has 0 spiro atoms. The number of amides is 1. The number of anilines is 2. The first kappa shape index (κ1) is 17.6. The van der Waals surface area contributed by atoms with Crippen molar-refractivity contribution in [3.05, 3.63) is 58.4 Å². The molecule has 7 heteroatoms. The molecule has 0 saturated carbocycles. The zero-order valence-corrected chi connectivity index (χ0v) is 16.4. The molecular weight excluding hydrogens is 368 g/mol. The summed E-state index contributed by atoms with van der Waals surface area (Å²) in [6.07, 6.45) is 2.78. The van der Waals surface area contributed by atoms with Crippen LogP contribution in [-0.2, 0) is 12.8 Å². The van der Waals surface area contributed by atoms with Crippen LogP contribution in [0.3, 0.4) is 0 Å². The Balaban J connectivity index is 1.51. The van der Waals surface area contributed by atoms with Gasteiger partial charge in [0.2, 0.25) is 6.79 Å². The lowest BCUT2D eigenvalue weighted by Crippen LogP contribution is -2.16. The lowest BCUT2D eigenvalue weighted by atomic mass is 10.1. The smallest absolute Gasteiger partial charge is 0.276 e. The predicted octanol–water partition coefficient (Wildman–Crippen LogP) is 3.54. The summed E-state index contributed by atoms with van der Waals surface area (Å²) in [5, 5.41) is 7.60. The van der Waals surface area contributed by atoms with Crippen molar-refractivity contribution < 1.29 is 14.3 Å². The number of nitrogens with one attached hydrogen (secondary N) is 1. The molecule has 3 aromatic rings. The number of aromatic nitrogens is 2. The maximum atomic E-state index is 13.1. The highest BCUT2D eigenvalue weighted by Crippen LogP contribution is 2.38. The minimum absolute atomic E-state index is 0.153. The lowest BCUT2D eigenvalue weighted by Gasteiger charge is -2.10. The van der Waals surface area contributed by atoms with E-state index in [0.29, 0.717) is 28.6 Å². The molecule has 1 aromatic heterocycles. The summed E-state index contributed by atoms with van der Waals surface area (Å²) in [6, 6.07) is 9.62. The summed E-state index contributed by atoms with van der Waals surface area (Å²) in [4.78, 5) is 13.1. The monoisotopic (exact) mass is 390 g/mol. The van der Waals surface area contributed by atoms with Crippen molar-refractivity contribution in [2.75, 3.05) is 17.8 Å². The molecular formula is C22H22N4O3. The highest BCUT2D eigenvalue weighted by atomic mass is 16.7. The molecule has 1 aliphatic carbocycles. The first-order valence-corrected chi connectivity index (χ1v) is 9.70. The van der Waals surface area contributed by atoms with E-state index in [9.17, 15) is 4.79 Å². The number of nitrogen functional groups attached to an aromatic ring is 1. The third kappa shape index (κ3) is 2.90. The van der Waals surface area contributed by atoms with E-state index < -0.39 is 0 Å². The quantitative estimate of drug-likeness (QED) is 0.668. The first-order chi connectivity index (χ1) is 14.0. The van der Waals surface area contributed by atoms with E-state index in [1.807, 2.05) is 4.68 Å². The molecule has 0 unspecified atom stereocenters. The van der Waals surface area contributed by atoms with Crippen LogP contribution in [0.1, 0.15) is 39.3 Å². The Morgan fingerprint density at radius 2 is 1.93 bits per heavy atom. The second-order valence-electron chi connectivity index (χ2n) is 7.58. The number of carbonyl (C=O) groups excluding carboxylic acids is 1. The van der Waals surface area contributed by atoms with Crippen LogP contribution < -0.4 is 20.5 Å². The van der Waals surface area contributed by atoms with Crippen LogP contribution >= 0.6 is 0 Å². The molecule has 0 atom stereocenters. The van der Waals surface area contributed by atoms with Crippen molar-refractivity contribution in [2.24, 2.45) is 0 Å². The van der Waals surface area contributed by atoms with E-state index in [-0.39, 0.29) is 12.7 Å². The summed E-state index contributed by atoms with van der Waals surface area (Å²) in [7, 11) is 0. The number of carbonyl (C=O) groups is 1. The lowest BCUT2D eigenvalue weighted by molar-refractivity contribution is 0.102. The first-order valence-electron chi connectivity index (χ1n) is 9.70. The molecule has 29 heavy (non-hydrogen) atoms. The van der Waals surface area contributed by atoms with Crippen molar-refractivity contribution in [3.8, 4) is 17.2 Å². The Hall–Kier alpha value is -3.48. The maximum Gasteiger partial charge on any atom is 0.276 e. The summed E-state index contributed by atoms with van der Waals surface area (Å²) < 4.78 is 12.6. The molecule has 148 valence electrons. The summed E-state index contributed by atoms with van der Waals surface area (Å²) >= 11 is 0. The van der Waals surface area contributed by atoms with Crippen LogP contribution in [-0.4, -0.2) is 22.5 Å². The van der Waals surface area contributed by atoms with Crippen molar-refractivity contribution in [1.29, 1.82) is 0 Å². The van der Waals surface area contributed by atoms with Crippen LogP contribution in [0.15, 0.2) is 30.3 Å². The van der Waals surface area contributed by atoms with Crippen molar-refractivity contribution in [3.63, 3.8) is 0 Å². The Morgan fingerprint density at radius 3 is 2.72 bits per heavy atom. The van der Waals surface area contributed by atoms with E-state index in [4.69, 9.17) is 20.3 Å². The highest BCUT2D eigenvalue weighted by molar-refractivity contribution is 6.06. The van der Waals surface area contributed by atoms with E-state index in [1.54, 1.807) is 12.1 Å². The van der Waals surface area contributed by atoms with Crippen molar-refractivity contribution in [1.82, 2.24) is 9.78 Å². The van der Waals surface area contributed by atoms with E-state index >= 15 is 0 Å². The number of rotatable bonds is 3. The standard InChI is InChI=1S/C22H22N4O3/c1-12-6-7-17(13(2)8-12)26-18-5-3-4-14(18)21(25-26)22(27)24-16-10-20-19(9-15(16)23)28-11-29-20/h6-10H,3-5,11,23H2,1-2H3,(H,24,27). The number of nitrogens with zero attached hydrogens (tertiary/aromatic N) is 2. The Bertz CT molecular complexity index is 1150. The number of hydrogen-bond donors (Lipinski definition) is 2. The maximum absolute atomic E-state index is 13.1. The number of nitrogens with two attached hydrogens (primary N) is 1. The molecule has 0 radical (unpaired) electrons. The average Bonchev–Trinajstić information content (AvgIpc) is 3.38. The minimum atomic E-state index is -0.266. The van der Waals surface area contributed by atoms with Gasteiger partial charge in [0.1, 0.15) is 0 Å². The van der Waals surface area contributed by atoms with Gasteiger partial charge < -0.3 is 20.5 Å². The van der Waals surface area contributed by atoms with E-state index in [2.05, 4.69) is 37.4 Å². The molecule has 0 bridgehead atoms. The third-order valence-electron chi connectivity index (χ3n) is 5.52. The van der Waals surface area contributed by atoms with Gasteiger partial charge in [-0.25, -0.2) is 4.68 Å². The SMILES string of the molecule is Cc1ccc(-n2nc(C(=O)Nc3cc4c(cc3N)OCO4)c3c2CCC3)c(C)c1. The summed E-state index contributed by atoms with van der Waals surface area (Å²) in [5.74, 6) is 0.887. The Morgan fingerprint density at radius 1 is 1.14 bits per heavy atom. The van der Waals surface area contributed by atoms with Crippen LogP contribution in [0.5, 0.6) is 11.5 Å². The van der Waals surface area contributed by atoms with Crippen LogP contribution in [0.25, 0.3) is 5.69 Å². The molecule has 2 aliphatic rings. The molecule has 7 nitrogen and oxygen atoms in total. The highest BCUT2D eigenvalue weighted by Gasteiger charge is 2.28. The van der Waals surface area contributed by atoms with Gasteiger partial charge in [-0.15, -0.1) is 0 Å². The third-order valence-corrected chi connectivity index (χ3v) is 5.52. The zero-order chi connectivity index (χ0) is 20.1. The van der Waals surface area contributed by atoms with Crippen LogP contribution in [0.4, 0.5) is 11.4 Å². The van der Waals surface area contributed by atoms with E-state index in [0.717, 1.165) is 41.8 Å². The van der Waals surface area contributed by atoms with Crippen LogP contribution in [0.2, 0.25) is 0 Å². The number of hydrogen-bond acceptors (Lipinski definition) is 5. The van der Waals surface area contributed by atoms with Crippen molar-refractivity contribution >= 4 is 17.3 Å². The van der Waals surface area contributed by atoms with Gasteiger partial charge in [-0.2, -0.15) is 5.10 Å². The molecule has 0 saturated heterocycles. The minimum Gasteiger partial charge on any atom is -0.454 e. The fourth-order valence-corrected chi connectivity index (χ4v) is 4.11. The summed E-state index contributed by atoms with van der Waals surface area (Å²) in [5.41, 5.74) is 12.9. The van der Waals surface area contributed by atoms with Gasteiger partial charge >= 0.3 is 0 Å². The fraction of sp³-hybridized carbons (Fsp3) is 0.273. The Labute approximate surface area is 168 Å². The second-order valence-corrected chi connectivity index (χ2v) is 7.58. The largest absolute Gasteiger partial charge is 0.454 e. The summed E-state index contributed by atoms with van der Waals surface area (Å²) in [6.45, 7) is 4.29. The van der Waals surface area contributed by atoms with Gasteiger partial charge in [0.15, 0.2) is 17.2 Å². The number of fused-ring (bicyclic) bond motifs is 2. The van der Waals surface area contributed by atoms with Gasteiger partial charge in [-0.05, 0) is 44.7 Å². The fourth-order valence-electron chi connectivity index (χ4n) is 4.11. The number of benzene rings is 2. The zero-order valence-electron chi connectivity index (χ0n) is 16.4. The second kappa shape index (κ2) is 6.55. The van der Waals surface area contributed by atoms with E-state index in [1.165, 1.54) is 5.56 Å². The van der Waals surface area contributed by atoms with Gasteiger partial charge in [0.05, 0.1) is 17.1 Å². The molecule has 3 N–H and O–H groups in total. The molecule has 2 aromatic carbocycles. The Kier molecular flexibility index (Phi) is 3.97. The molecule has 0 fully saturated rings. The van der Waals surface area contributed by atoms with Gasteiger partial charge in [0, 0.05) is 23.4 Å². The number of aryl methyl sites for hydroxylation is 2. The molecule has 2 heterocycles. The molecule has 1 amide bonds. The van der Waals surface area contributed by atoms with Crippen LogP contribution in [0, 0.1) is 13.8 Å². The van der Waals surface area contributed by atoms with Gasteiger partial charge in [-0.1, -0.05) is 17.7 Å². The predicted molar refractivity (Wildman–Crippen MR) is 110 cm³/mol.